The molecule has 4 unspecified atom stereocenters. The second kappa shape index (κ2) is 4.55. The topological polar surface area (TPSA) is 29.5 Å². The Hall–Kier alpha value is -0.0800. The quantitative estimate of drug-likeness (QED) is 0.760. The third-order valence-electron chi connectivity index (χ3n) is 5.53. The molecule has 4 atom stereocenters. The average molecular weight is 238 g/mol. The van der Waals surface area contributed by atoms with Crippen LogP contribution in [0, 0.1) is 17.8 Å². The van der Waals surface area contributed by atoms with Gasteiger partial charge in [-0.2, -0.15) is 0 Å². The molecular weight excluding hydrogens is 212 g/mol. The summed E-state index contributed by atoms with van der Waals surface area (Å²) < 4.78 is 6.00. The zero-order chi connectivity index (χ0) is 11.9. The Morgan fingerprint density at radius 1 is 1.18 bits per heavy atom. The summed E-state index contributed by atoms with van der Waals surface area (Å²) in [5.74, 6) is 2.09. The Labute approximate surface area is 105 Å². The SMILES string of the molecule is CC1CCC(O)C(C2CCOC3(CCC3)C2)C1. The predicted molar refractivity (Wildman–Crippen MR) is 67.8 cm³/mol. The van der Waals surface area contributed by atoms with Gasteiger partial charge in [0, 0.05) is 6.61 Å². The van der Waals surface area contributed by atoms with Crippen molar-refractivity contribution in [3.63, 3.8) is 0 Å². The van der Waals surface area contributed by atoms with Crippen LogP contribution in [0.2, 0.25) is 0 Å². The lowest BCUT2D eigenvalue weighted by molar-refractivity contribution is -0.159. The standard InChI is InChI=1S/C15H26O2/c1-11-3-4-14(16)13(9-11)12-5-8-17-15(10-12)6-2-7-15/h11-14,16H,2-10H2,1H3. The number of rotatable bonds is 1. The monoisotopic (exact) mass is 238 g/mol. The van der Waals surface area contributed by atoms with Gasteiger partial charge in [0.25, 0.3) is 0 Å². The average Bonchev–Trinajstić information content (AvgIpc) is 2.30. The van der Waals surface area contributed by atoms with Crippen LogP contribution in [0.15, 0.2) is 0 Å². The van der Waals surface area contributed by atoms with Crippen LogP contribution in [0.3, 0.4) is 0 Å². The zero-order valence-corrected chi connectivity index (χ0v) is 11.0. The Morgan fingerprint density at radius 2 is 2.00 bits per heavy atom. The van der Waals surface area contributed by atoms with Crippen LogP contribution in [0.25, 0.3) is 0 Å². The third-order valence-corrected chi connectivity index (χ3v) is 5.53. The van der Waals surface area contributed by atoms with Gasteiger partial charge in [-0.15, -0.1) is 0 Å². The van der Waals surface area contributed by atoms with E-state index in [1.54, 1.807) is 0 Å². The Bertz CT molecular complexity index is 272. The summed E-state index contributed by atoms with van der Waals surface area (Å²) in [5, 5.41) is 10.3. The maximum absolute atomic E-state index is 10.3. The first-order valence-electron chi connectivity index (χ1n) is 7.51. The Morgan fingerprint density at radius 3 is 2.71 bits per heavy atom. The first-order chi connectivity index (χ1) is 8.19. The second-order valence-corrected chi connectivity index (χ2v) is 6.79. The highest BCUT2D eigenvalue weighted by Gasteiger charge is 2.46. The molecule has 1 saturated heterocycles. The first kappa shape index (κ1) is 12.0. The normalized spacial score (nSPS) is 45.5. The van der Waals surface area contributed by atoms with E-state index in [9.17, 15) is 5.11 Å². The Kier molecular flexibility index (Phi) is 3.20. The van der Waals surface area contributed by atoms with Gasteiger partial charge in [-0.1, -0.05) is 6.92 Å². The Balaban J connectivity index is 1.66. The lowest BCUT2D eigenvalue weighted by atomic mass is 9.65. The van der Waals surface area contributed by atoms with Crippen LogP contribution in [-0.4, -0.2) is 23.4 Å². The highest BCUT2D eigenvalue weighted by atomic mass is 16.5. The molecule has 2 saturated carbocycles. The van der Waals surface area contributed by atoms with Gasteiger partial charge in [-0.3, -0.25) is 0 Å². The summed E-state index contributed by atoms with van der Waals surface area (Å²) in [5.41, 5.74) is 0.239. The van der Waals surface area contributed by atoms with Gasteiger partial charge in [0.1, 0.15) is 0 Å². The number of aliphatic hydroxyl groups excluding tert-OH is 1. The molecule has 98 valence electrons. The maximum atomic E-state index is 10.3. The van der Waals surface area contributed by atoms with Gasteiger partial charge in [-0.05, 0) is 69.1 Å². The largest absolute Gasteiger partial charge is 0.393 e. The van der Waals surface area contributed by atoms with Crippen molar-refractivity contribution in [1.82, 2.24) is 0 Å². The number of hydrogen-bond donors (Lipinski definition) is 1. The number of ether oxygens (including phenoxy) is 1. The molecule has 0 aromatic carbocycles. The van der Waals surface area contributed by atoms with Crippen molar-refractivity contribution < 1.29 is 9.84 Å². The molecule has 0 amide bonds. The molecule has 0 aromatic heterocycles. The van der Waals surface area contributed by atoms with Gasteiger partial charge < -0.3 is 9.84 Å². The van der Waals surface area contributed by atoms with E-state index in [1.807, 2.05) is 0 Å². The first-order valence-corrected chi connectivity index (χ1v) is 7.51. The summed E-state index contributed by atoms with van der Waals surface area (Å²) in [6.45, 7) is 3.28. The lowest BCUT2D eigenvalue weighted by Gasteiger charge is -2.50. The molecule has 1 N–H and O–H groups in total. The van der Waals surface area contributed by atoms with E-state index in [4.69, 9.17) is 4.74 Å². The van der Waals surface area contributed by atoms with Crippen LogP contribution in [0.5, 0.6) is 0 Å². The van der Waals surface area contributed by atoms with E-state index in [2.05, 4.69) is 6.92 Å². The van der Waals surface area contributed by atoms with Crippen molar-refractivity contribution in [1.29, 1.82) is 0 Å². The van der Waals surface area contributed by atoms with E-state index >= 15 is 0 Å². The van der Waals surface area contributed by atoms with E-state index in [0.29, 0.717) is 5.92 Å². The van der Waals surface area contributed by atoms with Gasteiger partial charge in [-0.25, -0.2) is 0 Å². The van der Waals surface area contributed by atoms with Crippen LogP contribution in [0.4, 0.5) is 0 Å². The van der Waals surface area contributed by atoms with Gasteiger partial charge in [0.15, 0.2) is 0 Å². The van der Waals surface area contributed by atoms with Crippen molar-refractivity contribution in [2.45, 2.75) is 70.0 Å². The smallest absolute Gasteiger partial charge is 0.0685 e. The van der Waals surface area contributed by atoms with Gasteiger partial charge in [0.05, 0.1) is 11.7 Å². The van der Waals surface area contributed by atoms with E-state index in [1.165, 1.54) is 44.9 Å². The summed E-state index contributed by atoms with van der Waals surface area (Å²) in [6, 6.07) is 0. The molecule has 1 heterocycles. The number of aliphatic hydroxyl groups is 1. The molecule has 2 aliphatic carbocycles. The second-order valence-electron chi connectivity index (χ2n) is 6.79. The van der Waals surface area contributed by atoms with Crippen LogP contribution in [-0.2, 0) is 4.74 Å². The zero-order valence-electron chi connectivity index (χ0n) is 11.0. The van der Waals surface area contributed by atoms with E-state index < -0.39 is 0 Å². The highest BCUT2D eigenvalue weighted by Crippen LogP contribution is 2.48. The van der Waals surface area contributed by atoms with E-state index in [0.717, 1.165) is 24.9 Å². The van der Waals surface area contributed by atoms with Crippen LogP contribution >= 0.6 is 0 Å². The molecule has 2 nitrogen and oxygen atoms in total. The molecule has 0 bridgehead atoms. The summed E-state index contributed by atoms with van der Waals surface area (Å²) in [4.78, 5) is 0. The lowest BCUT2D eigenvalue weighted by Crippen LogP contribution is -2.48. The van der Waals surface area contributed by atoms with E-state index in [-0.39, 0.29) is 11.7 Å². The molecule has 1 spiro atoms. The van der Waals surface area contributed by atoms with Crippen molar-refractivity contribution in [2.75, 3.05) is 6.61 Å². The molecule has 17 heavy (non-hydrogen) atoms. The minimum Gasteiger partial charge on any atom is -0.393 e. The van der Waals surface area contributed by atoms with Crippen molar-refractivity contribution in [2.24, 2.45) is 17.8 Å². The van der Waals surface area contributed by atoms with Crippen molar-refractivity contribution >= 4 is 0 Å². The fraction of sp³-hybridized carbons (Fsp3) is 1.00. The number of hydrogen-bond acceptors (Lipinski definition) is 2. The van der Waals surface area contributed by atoms with Crippen LogP contribution in [0.1, 0.15) is 58.3 Å². The molecule has 3 rings (SSSR count). The minimum atomic E-state index is -0.0357. The van der Waals surface area contributed by atoms with Gasteiger partial charge >= 0.3 is 0 Å². The highest BCUT2D eigenvalue weighted by molar-refractivity contribution is 4.97. The summed E-state index contributed by atoms with van der Waals surface area (Å²) in [6.07, 6.45) is 9.72. The van der Waals surface area contributed by atoms with Crippen LogP contribution < -0.4 is 0 Å². The molecular formula is C15H26O2. The fourth-order valence-electron chi connectivity index (χ4n) is 4.27. The molecule has 3 fully saturated rings. The van der Waals surface area contributed by atoms with Crippen molar-refractivity contribution in [3.05, 3.63) is 0 Å². The fourth-order valence-corrected chi connectivity index (χ4v) is 4.27. The summed E-state index contributed by atoms with van der Waals surface area (Å²) in [7, 11) is 0. The molecule has 2 heteroatoms. The predicted octanol–water partition coefficient (Wildman–Crippen LogP) is 3.13. The maximum Gasteiger partial charge on any atom is 0.0685 e. The van der Waals surface area contributed by atoms with Gasteiger partial charge in [0.2, 0.25) is 0 Å². The molecule has 3 aliphatic rings. The third kappa shape index (κ3) is 2.26. The molecule has 0 radical (unpaired) electrons. The summed E-state index contributed by atoms with van der Waals surface area (Å²) >= 11 is 0. The minimum absolute atomic E-state index is 0.0357. The molecule has 1 aliphatic heterocycles. The van der Waals surface area contributed by atoms with Crippen molar-refractivity contribution in [3.8, 4) is 0 Å². The molecule has 0 aromatic rings.